The number of thiophene rings is 1. The number of hydrogen-bond acceptors (Lipinski definition) is 4. The van der Waals surface area contributed by atoms with Crippen LogP contribution in [-0.2, 0) is 22.7 Å². The molecule has 0 aromatic carbocycles. The Kier molecular flexibility index (Phi) is 3.39. The van der Waals surface area contributed by atoms with Gasteiger partial charge < -0.3 is 5.32 Å². The highest BCUT2D eigenvalue weighted by Crippen LogP contribution is 2.30. The summed E-state index contributed by atoms with van der Waals surface area (Å²) >= 11 is 1.66. The van der Waals surface area contributed by atoms with Crippen molar-refractivity contribution in [3.05, 3.63) is 21.4 Å². The van der Waals surface area contributed by atoms with Gasteiger partial charge in [0.25, 0.3) is 5.91 Å². The number of fused-ring (bicyclic) bond motifs is 1. The molecule has 1 aromatic rings. The first kappa shape index (κ1) is 13.1. The maximum atomic E-state index is 12.2. The smallest absolute Gasteiger partial charge is 0.252 e. The normalized spacial score (nSPS) is 24.9. The second kappa shape index (κ2) is 4.90. The van der Waals surface area contributed by atoms with Crippen LogP contribution in [0.3, 0.4) is 0 Å². The molecule has 1 atom stereocenters. The number of amides is 1. The molecule has 6 heteroatoms. The Labute approximate surface area is 117 Å². The van der Waals surface area contributed by atoms with Gasteiger partial charge in [-0.15, -0.1) is 11.3 Å². The zero-order valence-electron chi connectivity index (χ0n) is 10.6. The van der Waals surface area contributed by atoms with E-state index in [1.165, 1.54) is 16.9 Å². The van der Waals surface area contributed by atoms with Crippen LogP contribution in [0, 0.1) is 0 Å². The summed E-state index contributed by atoms with van der Waals surface area (Å²) in [6.07, 6.45) is 4.94. The molecular formula is C13H17NO3S2. The molecule has 1 aliphatic carbocycles. The fourth-order valence-corrected chi connectivity index (χ4v) is 5.66. The van der Waals surface area contributed by atoms with Gasteiger partial charge >= 0.3 is 0 Å². The van der Waals surface area contributed by atoms with Gasteiger partial charge in [0.15, 0.2) is 9.84 Å². The molecule has 1 aromatic heterocycles. The van der Waals surface area contributed by atoms with Gasteiger partial charge in [-0.2, -0.15) is 0 Å². The zero-order valence-corrected chi connectivity index (χ0v) is 12.3. The lowest BCUT2D eigenvalue weighted by Crippen LogP contribution is -2.35. The maximum Gasteiger partial charge on any atom is 0.252 e. The summed E-state index contributed by atoms with van der Waals surface area (Å²) in [6, 6.07) is -0.211. The second-order valence-corrected chi connectivity index (χ2v) is 8.52. The molecule has 0 saturated carbocycles. The molecule has 2 heterocycles. The Morgan fingerprint density at radius 3 is 2.84 bits per heavy atom. The molecule has 0 unspecified atom stereocenters. The topological polar surface area (TPSA) is 63.2 Å². The predicted molar refractivity (Wildman–Crippen MR) is 75.5 cm³/mol. The van der Waals surface area contributed by atoms with E-state index in [0.29, 0.717) is 6.42 Å². The molecule has 1 aliphatic heterocycles. The number of hydrogen-bond donors (Lipinski definition) is 1. The van der Waals surface area contributed by atoms with Crippen molar-refractivity contribution < 1.29 is 13.2 Å². The van der Waals surface area contributed by atoms with Crippen molar-refractivity contribution in [2.75, 3.05) is 11.5 Å². The predicted octanol–water partition coefficient (Wildman–Crippen LogP) is 1.54. The Morgan fingerprint density at radius 1 is 1.32 bits per heavy atom. The molecule has 1 saturated heterocycles. The molecule has 0 bridgehead atoms. The molecule has 1 fully saturated rings. The van der Waals surface area contributed by atoms with Crippen LogP contribution in [0.4, 0.5) is 0 Å². The Hall–Kier alpha value is -0.880. The van der Waals surface area contributed by atoms with E-state index in [0.717, 1.165) is 24.8 Å². The van der Waals surface area contributed by atoms with Crippen molar-refractivity contribution in [3.63, 3.8) is 0 Å². The van der Waals surface area contributed by atoms with Crippen molar-refractivity contribution in [1.82, 2.24) is 5.32 Å². The SMILES string of the molecule is O=C(N[C@@H]1CCS(=O)(=O)C1)c1csc2c1CCCC2. The number of sulfone groups is 1. The van der Waals surface area contributed by atoms with Crippen LogP contribution < -0.4 is 5.32 Å². The second-order valence-electron chi connectivity index (χ2n) is 5.33. The number of carbonyl (C=O) groups excluding carboxylic acids is 1. The molecule has 104 valence electrons. The van der Waals surface area contributed by atoms with E-state index < -0.39 is 9.84 Å². The van der Waals surface area contributed by atoms with Crippen LogP contribution in [0.15, 0.2) is 5.38 Å². The van der Waals surface area contributed by atoms with E-state index in [4.69, 9.17) is 0 Å². The molecule has 0 spiro atoms. The minimum atomic E-state index is -2.94. The van der Waals surface area contributed by atoms with Gasteiger partial charge in [-0.1, -0.05) is 0 Å². The lowest BCUT2D eigenvalue weighted by Gasteiger charge is -2.14. The molecule has 19 heavy (non-hydrogen) atoms. The van der Waals surface area contributed by atoms with Gasteiger partial charge in [-0.3, -0.25) is 4.79 Å². The van der Waals surface area contributed by atoms with E-state index in [1.807, 2.05) is 5.38 Å². The standard InChI is InChI=1S/C13H17NO3S2/c15-13(14-9-5-6-19(16,17)8-9)11-7-18-12-4-2-1-3-10(11)12/h7,9H,1-6,8H2,(H,14,15)/t9-/m1/s1. The minimum Gasteiger partial charge on any atom is -0.348 e. The monoisotopic (exact) mass is 299 g/mol. The molecule has 3 rings (SSSR count). The van der Waals surface area contributed by atoms with Crippen molar-refractivity contribution in [2.24, 2.45) is 0 Å². The third-order valence-corrected chi connectivity index (χ3v) is 6.73. The number of carbonyl (C=O) groups is 1. The highest BCUT2D eigenvalue weighted by Gasteiger charge is 2.30. The molecule has 2 aliphatic rings. The average Bonchev–Trinajstić information content (AvgIpc) is 2.92. The van der Waals surface area contributed by atoms with E-state index in [-0.39, 0.29) is 23.5 Å². The fourth-order valence-electron chi connectivity index (χ4n) is 2.86. The summed E-state index contributed by atoms with van der Waals surface area (Å²) in [5.41, 5.74) is 1.96. The van der Waals surface area contributed by atoms with E-state index >= 15 is 0 Å². The summed E-state index contributed by atoms with van der Waals surface area (Å²) in [7, 11) is -2.94. The van der Waals surface area contributed by atoms with Crippen molar-refractivity contribution in [2.45, 2.75) is 38.1 Å². The highest BCUT2D eigenvalue weighted by molar-refractivity contribution is 7.91. The van der Waals surface area contributed by atoms with Crippen LogP contribution in [0.5, 0.6) is 0 Å². The Morgan fingerprint density at radius 2 is 2.11 bits per heavy atom. The molecular weight excluding hydrogens is 282 g/mol. The van der Waals surface area contributed by atoms with E-state index in [9.17, 15) is 13.2 Å². The third kappa shape index (κ3) is 2.69. The van der Waals surface area contributed by atoms with Gasteiger partial charge in [0.2, 0.25) is 0 Å². The van der Waals surface area contributed by atoms with Crippen LogP contribution >= 0.6 is 11.3 Å². The minimum absolute atomic E-state index is 0.0884. The van der Waals surface area contributed by atoms with Crippen molar-refractivity contribution >= 4 is 27.1 Å². The Bertz CT molecular complexity index is 603. The van der Waals surface area contributed by atoms with Crippen LogP contribution in [0.25, 0.3) is 0 Å². The lowest BCUT2D eigenvalue weighted by atomic mass is 9.95. The number of rotatable bonds is 2. The van der Waals surface area contributed by atoms with Crippen LogP contribution in [0.2, 0.25) is 0 Å². The first-order valence-corrected chi connectivity index (χ1v) is 9.36. The average molecular weight is 299 g/mol. The van der Waals surface area contributed by atoms with Gasteiger partial charge in [-0.05, 0) is 37.7 Å². The number of nitrogens with one attached hydrogen (secondary N) is 1. The van der Waals surface area contributed by atoms with E-state index in [2.05, 4.69) is 5.32 Å². The summed E-state index contributed by atoms with van der Waals surface area (Å²) in [4.78, 5) is 13.6. The van der Waals surface area contributed by atoms with Crippen molar-refractivity contribution in [1.29, 1.82) is 0 Å². The highest BCUT2D eigenvalue weighted by atomic mass is 32.2. The summed E-state index contributed by atoms with van der Waals surface area (Å²) in [6.45, 7) is 0. The molecule has 1 N–H and O–H groups in total. The molecule has 1 amide bonds. The first-order valence-electron chi connectivity index (χ1n) is 6.66. The van der Waals surface area contributed by atoms with Gasteiger partial charge in [0.05, 0.1) is 17.1 Å². The largest absolute Gasteiger partial charge is 0.348 e. The van der Waals surface area contributed by atoms with Gasteiger partial charge in [0.1, 0.15) is 0 Å². The summed E-state index contributed by atoms with van der Waals surface area (Å²) < 4.78 is 22.8. The summed E-state index contributed by atoms with van der Waals surface area (Å²) in [5.74, 6) is 0.187. The summed E-state index contributed by atoms with van der Waals surface area (Å²) in [5, 5.41) is 4.80. The van der Waals surface area contributed by atoms with Crippen molar-refractivity contribution in [3.8, 4) is 0 Å². The van der Waals surface area contributed by atoms with E-state index in [1.54, 1.807) is 11.3 Å². The fraction of sp³-hybridized carbons (Fsp3) is 0.615. The van der Waals surface area contributed by atoms with Gasteiger partial charge in [0, 0.05) is 16.3 Å². The molecule has 0 radical (unpaired) electrons. The first-order chi connectivity index (χ1) is 9.05. The Balaban J connectivity index is 1.73. The molecule has 4 nitrogen and oxygen atoms in total. The van der Waals surface area contributed by atoms with Gasteiger partial charge in [-0.25, -0.2) is 8.42 Å². The number of aryl methyl sites for hydroxylation is 1. The third-order valence-electron chi connectivity index (χ3n) is 3.87. The quantitative estimate of drug-likeness (QED) is 0.901. The zero-order chi connectivity index (χ0) is 13.5. The maximum absolute atomic E-state index is 12.2. The lowest BCUT2D eigenvalue weighted by molar-refractivity contribution is 0.0940. The van der Waals surface area contributed by atoms with Crippen LogP contribution in [-0.4, -0.2) is 31.9 Å². The van der Waals surface area contributed by atoms with Crippen LogP contribution in [0.1, 0.15) is 40.1 Å².